The van der Waals surface area contributed by atoms with Gasteiger partial charge in [0.1, 0.15) is 11.9 Å². The van der Waals surface area contributed by atoms with E-state index in [9.17, 15) is 10.5 Å². The predicted molar refractivity (Wildman–Crippen MR) is 109 cm³/mol. The maximum absolute atomic E-state index is 10.0. The minimum Gasteiger partial charge on any atom is -0.357 e. The van der Waals surface area contributed by atoms with Gasteiger partial charge in [-0.1, -0.05) is 18.6 Å². The number of hydrogen-bond acceptors (Lipinski definition) is 4. The van der Waals surface area contributed by atoms with Crippen LogP contribution in [-0.2, 0) is 12.8 Å². The summed E-state index contributed by atoms with van der Waals surface area (Å²) >= 11 is 0. The molecule has 5 rings (SSSR count). The van der Waals surface area contributed by atoms with Crippen molar-refractivity contribution >= 4 is 22.5 Å². The lowest BCUT2D eigenvalue weighted by Crippen LogP contribution is -2.35. The summed E-state index contributed by atoms with van der Waals surface area (Å²) < 4.78 is 2.23. The highest BCUT2D eigenvalue weighted by Crippen LogP contribution is 2.38. The fourth-order valence-electron chi connectivity index (χ4n) is 4.95. The molecule has 0 saturated carbocycles. The van der Waals surface area contributed by atoms with E-state index >= 15 is 0 Å². The topological polar surface area (TPSA) is 68.1 Å². The first-order chi connectivity index (χ1) is 13.8. The van der Waals surface area contributed by atoms with Gasteiger partial charge in [-0.15, -0.1) is 0 Å². The standard InChI is InChI=1S/C23H23N5/c24-14-16-10-12-27(13-11-16)23-18-7-3-1-2-6-17(18)19(15-25)22-26-20-8-4-5-9-21(20)28(22)23/h4-5,8-9,16H,1-3,6-7,10-13H2. The van der Waals surface area contributed by atoms with Crippen LogP contribution in [0.3, 0.4) is 0 Å². The number of hydrogen-bond donors (Lipinski definition) is 0. The lowest BCUT2D eigenvalue weighted by atomic mass is 9.95. The minimum absolute atomic E-state index is 0.156. The van der Waals surface area contributed by atoms with E-state index in [-0.39, 0.29) is 5.92 Å². The molecule has 0 radical (unpaired) electrons. The lowest BCUT2D eigenvalue weighted by Gasteiger charge is -2.34. The number of aromatic nitrogens is 2. The molecule has 0 spiro atoms. The first kappa shape index (κ1) is 17.1. The largest absolute Gasteiger partial charge is 0.357 e. The molecule has 0 N–H and O–H groups in total. The van der Waals surface area contributed by atoms with Gasteiger partial charge in [-0.3, -0.25) is 4.40 Å². The van der Waals surface area contributed by atoms with Crippen molar-refractivity contribution in [2.45, 2.75) is 44.9 Å². The van der Waals surface area contributed by atoms with Crippen molar-refractivity contribution in [3.63, 3.8) is 0 Å². The molecule has 1 aromatic carbocycles. The van der Waals surface area contributed by atoms with Crippen LogP contribution in [0.2, 0.25) is 0 Å². The average Bonchev–Trinajstić information content (AvgIpc) is 2.95. The summed E-state index contributed by atoms with van der Waals surface area (Å²) in [6.45, 7) is 1.77. The summed E-state index contributed by atoms with van der Waals surface area (Å²) in [6, 6.07) is 13.1. The maximum atomic E-state index is 10.0. The molecule has 1 aliphatic heterocycles. The van der Waals surface area contributed by atoms with Crippen LogP contribution >= 0.6 is 0 Å². The number of anilines is 1. The molecule has 1 aliphatic carbocycles. The average molecular weight is 369 g/mol. The monoisotopic (exact) mass is 369 g/mol. The van der Waals surface area contributed by atoms with E-state index in [1.807, 2.05) is 18.2 Å². The predicted octanol–water partition coefficient (Wildman–Crippen LogP) is 4.37. The molecule has 3 aromatic rings. The van der Waals surface area contributed by atoms with E-state index in [4.69, 9.17) is 4.98 Å². The Morgan fingerprint density at radius 2 is 1.71 bits per heavy atom. The molecule has 5 heteroatoms. The first-order valence-corrected chi connectivity index (χ1v) is 10.3. The molecule has 0 unspecified atom stereocenters. The summed E-state index contributed by atoms with van der Waals surface area (Å²) in [5.41, 5.74) is 6.09. The Morgan fingerprint density at radius 3 is 2.46 bits per heavy atom. The Labute approximate surface area is 164 Å². The van der Waals surface area contributed by atoms with Crippen LogP contribution in [0, 0.1) is 28.6 Å². The molecular formula is C23H23N5. The van der Waals surface area contributed by atoms with E-state index in [1.54, 1.807) is 0 Å². The number of imidazole rings is 1. The second-order valence-corrected chi connectivity index (χ2v) is 7.98. The molecule has 2 aromatic heterocycles. The second kappa shape index (κ2) is 6.84. The van der Waals surface area contributed by atoms with Gasteiger partial charge in [0, 0.05) is 19.0 Å². The van der Waals surface area contributed by atoms with E-state index < -0.39 is 0 Å². The highest BCUT2D eigenvalue weighted by Gasteiger charge is 2.28. The fourth-order valence-corrected chi connectivity index (χ4v) is 4.95. The molecule has 0 bridgehead atoms. The van der Waals surface area contributed by atoms with Gasteiger partial charge in [-0.25, -0.2) is 4.98 Å². The van der Waals surface area contributed by atoms with Gasteiger partial charge < -0.3 is 4.90 Å². The molecule has 2 aliphatic rings. The SMILES string of the molecule is N#Cc1c2c(c(N3CCC(C#N)CC3)n3c1nc1ccccc13)CCCCC2. The number of benzene rings is 1. The Kier molecular flexibility index (Phi) is 4.17. The van der Waals surface area contributed by atoms with Gasteiger partial charge in [0.15, 0.2) is 5.65 Å². The molecule has 28 heavy (non-hydrogen) atoms. The zero-order valence-electron chi connectivity index (χ0n) is 16.0. The van der Waals surface area contributed by atoms with E-state index in [2.05, 4.69) is 27.5 Å². The normalized spacial score (nSPS) is 17.9. The lowest BCUT2D eigenvalue weighted by molar-refractivity contribution is 0.483. The third-order valence-electron chi connectivity index (χ3n) is 6.37. The number of rotatable bonds is 1. The molecule has 0 amide bonds. The number of nitriles is 2. The smallest absolute Gasteiger partial charge is 0.157 e. The van der Waals surface area contributed by atoms with Crippen molar-refractivity contribution < 1.29 is 0 Å². The van der Waals surface area contributed by atoms with Gasteiger partial charge in [0.05, 0.1) is 22.7 Å². The third-order valence-corrected chi connectivity index (χ3v) is 6.37. The number of pyridine rings is 1. The van der Waals surface area contributed by atoms with Crippen LogP contribution in [0.5, 0.6) is 0 Å². The van der Waals surface area contributed by atoms with E-state index in [0.29, 0.717) is 0 Å². The van der Waals surface area contributed by atoms with Crippen molar-refractivity contribution in [2.75, 3.05) is 18.0 Å². The van der Waals surface area contributed by atoms with Crippen LogP contribution < -0.4 is 4.90 Å². The second-order valence-electron chi connectivity index (χ2n) is 7.98. The third kappa shape index (κ3) is 2.54. The highest BCUT2D eigenvalue weighted by molar-refractivity contribution is 5.86. The fraction of sp³-hybridized carbons (Fsp3) is 0.435. The van der Waals surface area contributed by atoms with Crippen LogP contribution in [0.15, 0.2) is 24.3 Å². The maximum Gasteiger partial charge on any atom is 0.157 e. The van der Waals surface area contributed by atoms with Crippen molar-refractivity contribution in [1.29, 1.82) is 10.5 Å². The number of nitrogens with zero attached hydrogens (tertiary/aromatic N) is 5. The Morgan fingerprint density at radius 1 is 0.964 bits per heavy atom. The summed E-state index contributed by atoms with van der Waals surface area (Å²) in [5.74, 6) is 1.37. The van der Waals surface area contributed by atoms with Crippen LogP contribution in [-0.4, -0.2) is 22.5 Å². The van der Waals surface area contributed by atoms with E-state index in [0.717, 1.165) is 73.9 Å². The molecule has 140 valence electrons. The Bertz CT molecular complexity index is 1140. The molecule has 5 nitrogen and oxygen atoms in total. The molecule has 3 heterocycles. The number of piperidine rings is 1. The van der Waals surface area contributed by atoms with Gasteiger partial charge >= 0.3 is 0 Å². The molecule has 1 saturated heterocycles. The summed E-state index contributed by atoms with van der Waals surface area (Å²) in [6.07, 6.45) is 7.28. The first-order valence-electron chi connectivity index (χ1n) is 10.3. The summed E-state index contributed by atoms with van der Waals surface area (Å²) in [5, 5.41) is 19.3. The van der Waals surface area contributed by atoms with Crippen LogP contribution in [0.4, 0.5) is 5.82 Å². The zero-order chi connectivity index (χ0) is 19.1. The van der Waals surface area contributed by atoms with Crippen LogP contribution in [0.1, 0.15) is 48.8 Å². The van der Waals surface area contributed by atoms with Gasteiger partial charge in [-0.2, -0.15) is 10.5 Å². The molecule has 1 fully saturated rings. The highest BCUT2D eigenvalue weighted by atomic mass is 15.2. The van der Waals surface area contributed by atoms with Crippen molar-refractivity contribution in [3.05, 3.63) is 41.0 Å². The Balaban J connectivity index is 1.83. The van der Waals surface area contributed by atoms with Gasteiger partial charge in [0.2, 0.25) is 0 Å². The summed E-state index contributed by atoms with van der Waals surface area (Å²) in [7, 11) is 0. The zero-order valence-corrected chi connectivity index (χ0v) is 16.0. The van der Waals surface area contributed by atoms with Crippen molar-refractivity contribution in [1.82, 2.24) is 9.38 Å². The molecule has 0 atom stereocenters. The summed E-state index contributed by atoms with van der Waals surface area (Å²) in [4.78, 5) is 7.32. The minimum atomic E-state index is 0.156. The quantitative estimate of drug-likeness (QED) is 0.597. The van der Waals surface area contributed by atoms with Gasteiger partial charge in [-0.05, 0) is 61.8 Å². The number of fused-ring (bicyclic) bond motifs is 4. The number of para-hydroxylation sites is 2. The van der Waals surface area contributed by atoms with Crippen LogP contribution in [0.25, 0.3) is 16.7 Å². The van der Waals surface area contributed by atoms with Gasteiger partial charge in [0.25, 0.3) is 0 Å². The molecular weight excluding hydrogens is 346 g/mol. The van der Waals surface area contributed by atoms with E-state index in [1.165, 1.54) is 23.4 Å². The van der Waals surface area contributed by atoms with Crippen molar-refractivity contribution in [2.24, 2.45) is 5.92 Å². The van der Waals surface area contributed by atoms with Crippen molar-refractivity contribution in [3.8, 4) is 12.1 Å². The Hall–Kier alpha value is -3.05.